The fourth-order valence-corrected chi connectivity index (χ4v) is 2.22. The molecule has 0 radical (unpaired) electrons. The van der Waals surface area contributed by atoms with Crippen LogP contribution in [0.2, 0.25) is 0 Å². The van der Waals surface area contributed by atoms with Gasteiger partial charge in [0.2, 0.25) is 5.91 Å². The minimum Gasteiger partial charge on any atom is -0.381 e. The lowest BCUT2D eigenvalue weighted by atomic mass is 9.98. The molecule has 3 nitrogen and oxygen atoms in total. The smallest absolute Gasteiger partial charge is 0.227 e. The van der Waals surface area contributed by atoms with Crippen molar-refractivity contribution in [1.29, 1.82) is 0 Å². The largest absolute Gasteiger partial charge is 0.381 e. The first-order valence-electron chi connectivity index (χ1n) is 6.75. The van der Waals surface area contributed by atoms with E-state index in [1.54, 1.807) is 0 Å². The lowest BCUT2D eigenvalue weighted by Crippen LogP contribution is -2.28. The summed E-state index contributed by atoms with van der Waals surface area (Å²) in [5.41, 5.74) is 1.43. The third kappa shape index (κ3) is 3.77. The Labute approximate surface area is 113 Å². The van der Waals surface area contributed by atoms with Gasteiger partial charge in [0.1, 0.15) is 5.82 Å². The predicted octanol–water partition coefficient (Wildman–Crippen LogP) is 3.31. The molecule has 1 fully saturated rings. The molecule has 0 unspecified atom stereocenters. The number of ether oxygens (including phenoxy) is 1. The fourth-order valence-electron chi connectivity index (χ4n) is 2.22. The van der Waals surface area contributed by atoms with Gasteiger partial charge in [-0.15, -0.1) is 0 Å². The zero-order valence-corrected chi connectivity index (χ0v) is 11.4. The van der Waals surface area contributed by atoms with Crippen molar-refractivity contribution in [3.05, 3.63) is 29.6 Å². The molecule has 4 heteroatoms. The molecule has 1 saturated heterocycles. The van der Waals surface area contributed by atoms with Crippen molar-refractivity contribution < 1.29 is 13.9 Å². The molecule has 104 valence electrons. The minimum absolute atomic E-state index is 0.0282. The highest BCUT2D eigenvalue weighted by Gasteiger charge is 2.21. The molecule has 0 aliphatic carbocycles. The normalized spacial score (nSPS) is 16.6. The maximum Gasteiger partial charge on any atom is 0.227 e. The monoisotopic (exact) mass is 265 g/mol. The van der Waals surface area contributed by atoms with Gasteiger partial charge in [-0.2, -0.15) is 0 Å². The van der Waals surface area contributed by atoms with Crippen molar-refractivity contribution in [2.24, 2.45) is 5.92 Å². The molecule has 1 heterocycles. The molecular weight excluding hydrogens is 245 g/mol. The molecule has 1 aliphatic heterocycles. The Kier molecular flexibility index (Phi) is 4.53. The molecule has 0 aromatic heterocycles. The van der Waals surface area contributed by atoms with Crippen molar-refractivity contribution in [3.63, 3.8) is 0 Å². The van der Waals surface area contributed by atoms with E-state index in [2.05, 4.69) is 5.32 Å². The van der Waals surface area contributed by atoms with E-state index in [0.717, 1.165) is 18.4 Å². The number of halogens is 1. The number of carbonyl (C=O) groups excluding carboxylic acids is 1. The summed E-state index contributed by atoms with van der Waals surface area (Å²) < 4.78 is 18.7. The van der Waals surface area contributed by atoms with E-state index in [0.29, 0.717) is 18.9 Å². The van der Waals surface area contributed by atoms with Crippen molar-refractivity contribution >= 4 is 11.6 Å². The molecule has 2 rings (SSSR count). The number of amides is 1. The lowest BCUT2D eigenvalue weighted by Gasteiger charge is -2.21. The fraction of sp³-hybridized carbons (Fsp3) is 0.533. The number of benzene rings is 1. The Morgan fingerprint density at radius 1 is 1.32 bits per heavy atom. The number of hydrogen-bond acceptors (Lipinski definition) is 2. The highest BCUT2D eigenvalue weighted by atomic mass is 19.1. The van der Waals surface area contributed by atoms with Crippen LogP contribution >= 0.6 is 0 Å². The van der Waals surface area contributed by atoms with Crippen LogP contribution in [0.5, 0.6) is 0 Å². The number of hydrogen-bond donors (Lipinski definition) is 1. The first kappa shape index (κ1) is 14.0. The molecule has 0 atom stereocenters. The molecule has 19 heavy (non-hydrogen) atoms. The molecule has 0 saturated carbocycles. The van der Waals surface area contributed by atoms with E-state index in [-0.39, 0.29) is 23.6 Å². The summed E-state index contributed by atoms with van der Waals surface area (Å²) in [5, 5.41) is 2.81. The average Bonchev–Trinajstić information content (AvgIpc) is 2.39. The van der Waals surface area contributed by atoms with Crippen LogP contribution in [0.25, 0.3) is 0 Å². The Bertz CT molecular complexity index is 453. The number of carbonyl (C=O) groups is 1. The van der Waals surface area contributed by atoms with Crippen LogP contribution in [0, 0.1) is 11.7 Å². The second-order valence-electron chi connectivity index (χ2n) is 5.30. The summed E-state index contributed by atoms with van der Waals surface area (Å²) in [6.07, 6.45) is 1.47. The molecule has 1 aliphatic rings. The zero-order valence-electron chi connectivity index (χ0n) is 11.4. The van der Waals surface area contributed by atoms with Crippen LogP contribution in [-0.4, -0.2) is 19.1 Å². The van der Waals surface area contributed by atoms with E-state index >= 15 is 0 Å². The molecule has 0 spiro atoms. The van der Waals surface area contributed by atoms with Gasteiger partial charge >= 0.3 is 0 Å². The van der Waals surface area contributed by atoms with Gasteiger partial charge in [0, 0.05) is 24.8 Å². The van der Waals surface area contributed by atoms with Crippen LogP contribution in [0.15, 0.2) is 18.2 Å². The van der Waals surface area contributed by atoms with Crippen molar-refractivity contribution in [1.82, 2.24) is 0 Å². The van der Waals surface area contributed by atoms with Crippen LogP contribution in [0.3, 0.4) is 0 Å². The zero-order chi connectivity index (χ0) is 13.8. The van der Waals surface area contributed by atoms with Crippen LogP contribution in [0.1, 0.15) is 38.2 Å². The third-order valence-corrected chi connectivity index (χ3v) is 3.45. The molecule has 1 aromatic rings. The molecule has 0 bridgehead atoms. The van der Waals surface area contributed by atoms with E-state index < -0.39 is 0 Å². The van der Waals surface area contributed by atoms with Gasteiger partial charge in [-0.05, 0) is 42.5 Å². The van der Waals surface area contributed by atoms with E-state index in [9.17, 15) is 9.18 Å². The standard InChI is InChI=1S/C15H20FNO2/c1-10(2)12-7-13(16)9-14(8-12)17-15(18)11-3-5-19-6-4-11/h7-11H,3-6H2,1-2H3,(H,17,18). The Hall–Kier alpha value is -1.42. The van der Waals surface area contributed by atoms with Crippen LogP contribution < -0.4 is 5.32 Å². The van der Waals surface area contributed by atoms with Gasteiger partial charge in [-0.1, -0.05) is 13.8 Å². The Morgan fingerprint density at radius 2 is 2.00 bits per heavy atom. The summed E-state index contributed by atoms with van der Waals surface area (Å²) in [4.78, 5) is 12.1. The first-order chi connectivity index (χ1) is 9.06. The summed E-state index contributed by atoms with van der Waals surface area (Å²) >= 11 is 0. The van der Waals surface area contributed by atoms with Crippen molar-refractivity contribution in [2.75, 3.05) is 18.5 Å². The summed E-state index contributed by atoms with van der Waals surface area (Å²) in [5.74, 6) is -0.147. The number of rotatable bonds is 3. The number of nitrogens with one attached hydrogen (secondary N) is 1. The topological polar surface area (TPSA) is 38.3 Å². The van der Waals surface area contributed by atoms with Gasteiger partial charge in [-0.25, -0.2) is 4.39 Å². The van der Waals surface area contributed by atoms with Crippen molar-refractivity contribution in [2.45, 2.75) is 32.6 Å². The quantitative estimate of drug-likeness (QED) is 0.910. The lowest BCUT2D eigenvalue weighted by molar-refractivity contribution is -0.122. The van der Waals surface area contributed by atoms with E-state index in [4.69, 9.17) is 4.74 Å². The van der Waals surface area contributed by atoms with Crippen molar-refractivity contribution in [3.8, 4) is 0 Å². The average molecular weight is 265 g/mol. The predicted molar refractivity (Wildman–Crippen MR) is 72.7 cm³/mol. The highest BCUT2D eigenvalue weighted by Crippen LogP contribution is 2.22. The number of anilines is 1. The van der Waals surface area contributed by atoms with E-state index in [1.807, 2.05) is 19.9 Å². The first-order valence-corrected chi connectivity index (χ1v) is 6.75. The van der Waals surface area contributed by atoms with Gasteiger partial charge < -0.3 is 10.1 Å². The van der Waals surface area contributed by atoms with E-state index in [1.165, 1.54) is 12.1 Å². The van der Waals surface area contributed by atoms with Gasteiger partial charge in [0.05, 0.1) is 0 Å². The van der Waals surface area contributed by atoms with Crippen LogP contribution in [0.4, 0.5) is 10.1 Å². The third-order valence-electron chi connectivity index (χ3n) is 3.45. The Balaban J connectivity index is 2.07. The molecule has 1 N–H and O–H groups in total. The SMILES string of the molecule is CC(C)c1cc(F)cc(NC(=O)C2CCOCC2)c1. The molecule has 1 aromatic carbocycles. The highest BCUT2D eigenvalue weighted by molar-refractivity contribution is 5.92. The second kappa shape index (κ2) is 6.15. The van der Waals surface area contributed by atoms with Crippen LogP contribution in [-0.2, 0) is 9.53 Å². The summed E-state index contributed by atoms with van der Waals surface area (Å²) in [7, 11) is 0. The Morgan fingerprint density at radius 3 is 2.63 bits per heavy atom. The van der Waals surface area contributed by atoms with Gasteiger partial charge in [0.25, 0.3) is 0 Å². The maximum absolute atomic E-state index is 13.5. The minimum atomic E-state index is -0.312. The van der Waals surface area contributed by atoms with Gasteiger partial charge in [-0.3, -0.25) is 4.79 Å². The summed E-state index contributed by atoms with van der Waals surface area (Å²) in [6.45, 7) is 5.24. The second-order valence-corrected chi connectivity index (χ2v) is 5.30. The summed E-state index contributed by atoms with van der Waals surface area (Å²) in [6, 6.07) is 4.71. The molecule has 1 amide bonds. The van der Waals surface area contributed by atoms with Gasteiger partial charge in [0.15, 0.2) is 0 Å². The molecular formula is C15H20FNO2. The maximum atomic E-state index is 13.5.